The first-order chi connectivity index (χ1) is 10.2. The van der Waals surface area contributed by atoms with Crippen molar-refractivity contribution in [3.8, 4) is 0 Å². The van der Waals surface area contributed by atoms with Gasteiger partial charge in [-0.3, -0.25) is 14.5 Å². The molecule has 0 saturated heterocycles. The summed E-state index contributed by atoms with van der Waals surface area (Å²) in [6.07, 6.45) is 4.28. The minimum Gasteiger partial charge on any atom is -0.459 e. The van der Waals surface area contributed by atoms with E-state index in [4.69, 9.17) is 16.3 Å². The topological polar surface area (TPSA) is 59.5 Å². The number of halogens is 1. The summed E-state index contributed by atoms with van der Waals surface area (Å²) in [7, 11) is 0. The number of carbonyl (C=O) groups is 2. The fourth-order valence-electron chi connectivity index (χ4n) is 3.17. The number of amides is 1. The molecule has 1 aliphatic carbocycles. The van der Waals surface area contributed by atoms with Gasteiger partial charge in [-0.05, 0) is 39.7 Å². The summed E-state index contributed by atoms with van der Waals surface area (Å²) in [6.45, 7) is 5.32. The van der Waals surface area contributed by atoms with Gasteiger partial charge in [0.2, 0.25) is 5.91 Å². The third-order valence-electron chi connectivity index (χ3n) is 4.22. The van der Waals surface area contributed by atoms with Crippen molar-refractivity contribution >= 4 is 29.2 Å². The number of ether oxygens (including phenoxy) is 1. The van der Waals surface area contributed by atoms with Crippen molar-refractivity contribution in [2.24, 2.45) is 0 Å². The summed E-state index contributed by atoms with van der Waals surface area (Å²) >= 11 is 5.97. The number of aromatic nitrogens is 1. The third kappa shape index (κ3) is 2.37. The van der Waals surface area contributed by atoms with E-state index in [1.807, 2.05) is 0 Å². The fourth-order valence-corrected chi connectivity index (χ4v) is 3.32. The van der Waals surface area contributed by atoms with Crippen LogP contribution in [0.25, 0.3) is 0 Å². The van der Waals surface area contributed by atoms with Crippen LogP contribution < -0.4 is 4.90 Å². The maximum Gasteiger partial charge on any atom is 0.326 e. The molecule has 1 aromatic rings. The molecule has 0 bridgehead atoms. The number of carbonyl (C=O) groups excluding carboxylic acids is 2. The van der Waals surface area contributed by atoms with E-state index >= 15 is 0 Å². The lowest BCUT2D eigenvalue weighted by molar-refractivity contribution is -0.153. The standard InChI is InChI=1S/C16H19ClN2O3/c1-15(2,3)22-13(20)9-19-11-7-12(17)18-8-10(11)16(14(19)21)5-4-6-16/h7-8H,4-6,9H2,1-3H3. The minimum atomic E-state index is -0.577. The molecular weight excluding hydrogens is 304 g/mol. The molecule has 118 valence electrons. The van der Waals surface area contributed by atoms with Gasteiger partial charge in [0.25, 0.3) is 0 Å². The van der Waals surface area contributed by atoms with Gasteiger partial charge in [-0.2, -0.15) is 0 Å². The van der Waals surface area contributed by atoms with Crippen molar-refractivity contribution in [2.45, 2.75) is 51.0 Å². The average molecular weight is 323 g/mol. The van der Waals surface area contributed by atoms with Crippen LogP contribution in [0.3, 0.4) is 0 Å². The van der Waals surface area contributed by atoms with Crippen molar-refractivity contribution in [1.82, 2.24) is 4.98 Å². The van der Waals surface area contributed by atoms with Crippen LogP contribution in [0.4, 0.5) is 5.69 Å². The second-order valence-corrected chi connectivity index (χ2v) is 7.32. The molecule has 3 rings (SSSR count). The lowest BCUT2D eigenvalue weighted by Crippen LogP contribution is -2.47. The molecule has 0 unspecified atom stereocenters. The van der Waals surface area contributed by atoms with Crippen molar-refractivity contribution in [3.63, 3.8) is 0 Å². The van der Waals surface area contributed by atoms with Crippen molar-refractivity contribution in [3.05, 3.63) is 23.0 Å². The van der Waals surface area contributed by atoms with Crippen LogP contribution in [0.5, 0.6) is 0 Å². The summed E-state index contributed by atoms with van der Waals surface area (Å²) in [4.78, 5) is 30.5. The predicted molar refractivity (Wildman–Crippen MR) is 83.0 cm³/mol. The van der Waals surface area contributed by atoms with Gasteiger partial charge in [-0.1, -0.05) is 18.0 Å². The van der Waals surface area contributed by atoms with Gasteiger partial charge >= 0.3 is 5.97 Å². The van der Waals surface area contributed by atoms with Gasteiger partial charge < -0.3 is 4.74 Å². The Balaban J connectivity index is 1.91. The molecule has 1 spiro atoms. The summed E-state index contributed by atoms with van der Waals surface area (Å²) in [5.74, 6) is -0.459. The van der Waals surface area contributed by atoms with Crippen LogP contribution in [0.15, 0.2) is 12.3 Å². The van der Waals surface area contributed by atoms with E-state index in [0.717, 1.165) is 24.8 Å². The molecule has 1 fully saturated rings. The number of fused-ring (bicyclic) bond motifs is 2. The van der Waals surface area contributed by atoms with Crippen LogP contribution in [-0.2, 0) is 19.7 Å². The first kappa shape index (κ1) is 15.3. The molecule has 1 aromatic heterocycles. The monoisotopic (exact) mass is 322 g/mol. The number of hydrogen-bond acceptors (Lipinski definition) is 4. The van der Waals surface area contributed by atoms with Gasteiger partial charge in [-0.15, -0.1) is 0 Å². The number of hydrogen-bond donors (Lipinski definition) is 0. The van der Waals surface area contributed by atoms with Crippen LogP contribution in [0.1, 0.15) is 45.6 Å². The maximum absolute atomic E-state index is 12.8. The normalized spacial score (nSPS) is 19.1. The summed E-state index contributed by atoms with van der Waals surface area (Å²) in [6, 6.07) is 1.66. The summed E-state index contributed by atoms with van der Waals surface area (Å²) < 4.78 is 5.33. The Morgan fingerprint density at radius 2 is 2.14 bits per heavy atom. The lowest BCUT2D eigenvalue weighted by Gasteiger charge is -2.36. The molecule has 22 heavy (non-hydrogen) atoms. The number of nitrogens with zero attached hydrogens (tertiary/aromatic N) is 2. The number of rotatable bonds is 2. The zero-order chi connectivity index (χ0) is 16.1. The van der Waals surface area contributed by atoms with E-state index in [1.54, 1.807) is 33.0 Å². The largest absolute Gasteiger partial charge is 0.459 e. The second kappa shape index (κ2) is 4.95. The molecule has 0 atom stereocenters. The Bertz CT molecular complexity index is 647. The summed E-state index contributed by atoms with van der Waals surface area (Å²) in [5.41, 5.74) is 0.494. The lowest BCUT2D eigenvalue weighted by atomic mass is 9.65. The Labute approximate surface area is 134 Å². The fraction of sp³-hybridized carbons (Fsp3) is 0.562. The molecule has 2 aliphatic rings. The van der Waals surface area contributed by atoms with Crippen molar-refractivity contribution in [2.75, 3.05) is 11.4 Å². The zero-order valence-corrected chi connectivity index (χ0v) is 13.7. The first-order valence-electron chi connectivity index (χ1n) is 7.43. The van der Waals surface area contributed by atoms with Crippen molar-refractivity contribution < 1.29 is 14.3 Å². The molecule has 6 heteroatoms. The molecule has 1 saturated carbocycles. The molecule has 5 nitrogen and oxygen atoms in total. The van der Waals surface area contributed by atoms with Gasteiger partial charge in [0.05, 0.1) is 11.1 Å². The van der Waals surface area contributed by atoms with E-state index in [2.05, 4.69) is 4.98 Å². The highest BCUT2D eigenvalue weighted by molar-refractivity contribution is 6.30. The first-order valence-corrected chi connectivity index (χ1v) is 7.81. The highest BCUT2D eigenvalue weighted by atomic mass is 35.5. The van der Waals surface area contributed by atoms with E-state index in [-0.39, 0.29) is 12.5 Å². The summed E-state index contributed by atoms with van der Waals surface area (Å²) in [5, 5.41) is 0.317. The SMILES string of the molecule is CC(C)(C)OC(=O)CN1C(=O)C2(CCC2)c2cnc(Cl)cc21. The molecular formula is C16H19ClN2O3. The second-order valence-electron chi connectivity index (χ2n) is 6.94. The van der Waals surface area contributed by atoms with Gasteiger partial charge in [0.15, 0.2) is 0 Å². The molecule has 0 aromatic carbocycles. The van der Waals surface area contributed by atoms with Gasteiger partial charge in [-0.25, -0.2) is 4.98 Å². The number of anilines is 1. The molecule has 0 radical (unpaired) electrons. The Morgan fingerprint density at radius 3 is 2.68 bits per heavy atom. The van der Waals surface area contributed by atoms with E-state index in [0.29, 0.717) is 10.8 Å². The number of pyridine rings is 1. The van der Waals surface area contributed by atoms with E-state index in [1.165, 1.54) is 4.90 Å². The van der Waals surface area contributed by atoms with Crippen LogP contribution in [-0.4, -0.2) is 29.0 Å². The average Bonchev–Trinajstić information content (AvgIpc) is 2.56. The third-order valence-corrected chi connectivity index (χ3v) is 4.43. The van der Waals surface area contributed by atoms with Crippen molar-refractivity contribution in [1.29, 1.82) is 0 Å². The highest BCUT2D eigenvalue weighted by Gasteiger charge is 2.55. The minimum absolute atomic E-state index is 0.0383. The van der Waals surface area contributed by atoms with Crippen LogP contribution >= 0.6 is 11.6 Å². The quantitative estimate of drug-likeness (QED) is 0.620. The van der Waals surface area contributed by atoms with Crippen LogP contribution in [0, 0.1) is 0 Å². The van der Waals surface area contributed by atoms with E-state index in [9.17, 15) is 9.59 Å². The number of esters is 1. The Hall–Kier alpha value is -1.62. The highest BCUT2D eigenvalue weighted by Crippen LogP contribution is 2.53. The van der Waals surface area contributed by atoms with Crippen LogP contribution in [0.2, 0.25) is 5.15 Å². The smallest absolute Gasteiger partial charge is 0.326 e. The van der Waals surface area contributed by atoms with Gasteiger partial charge in [0.1, 0.15) is 17.3 Å². The Kier molecular flexibility index (Phi) is 3.44. The van der Waals surface area contributed by atoms with E-state index < -0.39 is 17.0 Å². The molecule has 2 heterocycles. The molecule has 0 N–H and O–H groups in total. The zero-order valence-electron chi connectivity index (χ0n) is 13.0. The predicted octanol–water partition coefficient (Wildman–Crippen LogP) is 2.85. The molecule has 1 amide bonds. The maximum atomic E-state index is 12.8. The molecule has 1 aliphatic heterocycles. The van der Waals surface area contributed by atoms with Gasteiger partial charge in [0, 0.05) is 11.8 Å². The Morgan fingerprint density at radius 1 is 1.45 bits per heavy atom.